The fraction of sp³-hybridized carbons (Fsp3) is 0.318. The number of esters is 1. The standard InChI is InChI=1S/C22H24O4S/c1-14(2)10-16-4-6-17(7-5-16)21-20(12-26-22(21)23)18-8-9-19(13-27(24)25)15(3)11-18/h4-9,11,14H,10,12-13H2,1-3H3,(H,24,25)/p-1. The van der Waals surface area contributed by atoms with E-state index in [2.05, 4.69) is 26.0 Å². The molecule has 0 saturated carbocycles. The summed E-state index contributed by atoms with van der Waals surface area (Å²) in [5, 5.41) is 0. The minimum Gasteiger partial charge on any atom is -0.772 e. The first kappa shape index (κ1) is 19.5. The molecule has 1 atom stereocenters. The lowest BCUT2D eigenvalue weighted by Crippen LogP contribution is -2.00. The molecule has 0 fully saturated rings. The Morgan fingerprint density at radius 3 is 2.37 bits per heavy atom. The number of rotatable bonds is 6. The molecule has 0 spiro atoms. The fourth-order valence-corrected chi connectivity index (χ4v) is 3.95. The van der Waals surface area contributed by atoms with Gasteiger partial charge in [-0.25, -0.2) is 4.79 Å². The van der Waals surface area contributed by atoms with E-state index < -0.39 is 11.1 Å². The van der Waals surface area contributed by atoms with Crippen molar-refractivity contribution in [2.24, 2.45) is 5.92 Å². The zero-order chi connectivity index (χ0) is 19.6. The second-order valence-corrected chi connectivity index (χ2v) is 8.21. The van der Waals surface area contributed by atoms with Crippen molar-refractivity contribution in [1.82, 2.24) is 0 Å². The molecule has 0 aromatic heterocycles. The van der Waals surface area contributed by atoms with Crippen LogP contribution < -0.4 is 0 Å². The van der Waals surface area contributed by atoms with E-state index in [4.69, 9.17) is 4.74 Å². The first-order valence-corrected chi connectivity index (χ1v) is 10.2. The number of carbonyl (C=O) groups is 1. The van der Waals surface area contributed by atoms with Gasteiger partial charge in [-0.1, -0.05) is 67.4 Å². The van der Waals surface area contributed by atoms with Crippen molar-refractivity contribution < 1.29 is 18.3 Å². The van der Waals surface area contributed by atoms with E-state index >= 15 is 0 Å². The van der Waals surface area contributed by atoms with Gasteiger partial charge in [-0.05, 0) is 47.1 Å². The normalized spacial score (nSPS) is 15.4. The van der Waals surface area contributed by atoms with Crippen LogP contribution in [-0.2, 0) is 32.8 Å². The third-order valence-electron chi connectivity index (χ3n) is 4.70. The molecular weight excluding hydrogens is 360 g/mol. The van der Waals surface area contributed by atoms with Crippen molar-refractivity contribution in [3.63, 3.8) is 0 Å². The van der Waals surface area contributed by atoms with E-state index in [1.54, 1.807) is 6.07 Å². The van der Waals surface area contributed by atoms with E-state index in [1.165, 1.54) is 5.56 Å². The van der Waals surface area contributed by atoms with Crippen LogP contribution in [0.1, 0.15) is 41.7 Å². The zero-order valence-electron chi connectivity index (χ0n) is 15.8. The maximum atomic E-state index is 12.4. The lowest BCUT2D eigenvalue weighted by molar-refractivity contribution is -0.133. The fourth-order valence-electron chi connectivity index (χ4n) is 3.38. The lowest BCUT2D eigenvalue weighted by atomic mass is 9.93. The second-order valence-electron chi connectivity index (χ2n) is 7.31. The minimum absolute atomic E-state index is 0.00916. The van der Waals surface area contributed by atoms with Crippen molar-refractivity contribution in [3.8, 4) is 0 Å². The minimum atomic E-state index is -2.13. The molecule has 0 amide bonds. The van der Waals surface area contributed by atoms with Crippen LogP contribution in [0.2, 0.25) is 0 Å². The van der Waals surface area contributed by atoms with Gasteiger partial charge in [0.15, 0.2) is 0 Å². The largest absolute Gasteiger partial charge is 0.772 e. The van der Waals surface area contributed by atoms with Gasteiger partial charge in [-0.15, -0.1) is 0 Å². The van der Waals surface area contributed by atoms with Crippen LogP contribution in [0.25, 0.3) is 11.1 Å². The Morgan fingerprint density at radius 1 is 1.11 bits per heavy atom. The number of cyclic esters (lactones) is 1. The van der Waals surface area contributed by atoms with Crippen LogP contribution in [0, 0.1) is 12.8 Å². The maximum Gasteiger partial charge on any atom is 0.339 e. The van der Waals surface area contributed by atoms with E-state index in [9.17, 15) is 13.6 Å². The van der Waals surface area contributed by atoms with Gasteiger partial charge in [-0.2, -0.15) is 0 Å². The molecular formula is C22H23O4S-. The summed E-state index contributed by atoms with van der Waals surface area (Å²) in [5.74, 6) is 0.251. The molecule has 0 aliphatic carbocycles. The average Bonchev–Trinajstić information content (AvgIpc) is 2.98. The van der Waals surface area contributed by atoms with Crippen LogP contribution in [0.3, 0.4) is 0 Å². The predicted octanol–water partition coefficient (Wildman–Crippen LogP) is 4.04. The summed E-state index contributed by atoms with van der Waals surface area (Å²) in [5.41, 5.74) is 6.06. The van der Waals surface area contributed by atoms with Crippen molar-refractivity contribution >= 4 is 28.2 Å². The van der Waals surface area contributed by atoms with Gasteiger partial charge in [0.1, 0.15) is 6.61 Å². The quantitative estimate of drug-likeness (QED) is 0.558. The molecule has 4 nitrogen and oxygen atoms in total. The molecule has 1 heterocycles. The van der Waals surface area contributed by atoms with Crippen molar-refractivity contribution in [2.45, 2.75) is 32.9 Å². The summed E-state index contributed by atoms with van der Waals surface area (Å²) in [4.78, 5) is 12.4. The molecule has 5 heteroatoms. The number of hydrogen-bond acceptors (Lipinski definition) is 4. The molecule has 142 valence electrons. The van der Waals surface area contributed by atoms with Crippen molar-refractivity contribution in [1.29, 1.82) is 0 Å². The molecule has 1 unspecified atom stereocenters. The SMILES string of the molecule is Cc1cc(C2=C(c3ccc(CC(C)C)cc3)C(=O)OC2)ccc1CS(=O)[O-]. The third kappa shape index (κ3) is 4.54. The van der Waals surface area contributed by atoms with Gasteiger partial charge in [0, 0.05) is 11.3 Å². The highest BCUT2D eigenvalue weighted by Crippen LogP contribution is 2.34. The van der Waals surface area contributed by atoms with E-state index in [0.29, 0.717) is 11.5 Å². The summed E-state index contributed by atoms with van der Waals surface area (Å²) in [6.45, 7) is 6.47. The summed E-state index contributed by atoms with van der Waals surface area (Å²) >= 11 is -2.13. The molecule has 1 aliphatic rings. The molecule has 3 rings (SSSR count). The smallest absolute Gasteiger partial charge is 0.339 e. The average molecular weight is 383 g/mol. The van der Waals surface area contributed by atoms with Crippen LogP contribution in [0.15, 0.2) is 42.5 Å². The number of benzene rings is 2. The van der Waals surface area contributed by atoms with Gasteiger partial charge in [0.2, 0.25) is 0 Å². The van der Waals surface area contributed by atoms with Crippen LogP contribution >= 0.6 is 0 Å². The van der Waals surface area contributed by atoms with Crippen molar-refractivity contribution in [2.75, 3.05) is 6.61 Å². The molecule has 0 radical (unpaired) electrons. The molecule has 0 saturated heterocycles. The molecule has 1 aliphatic heterocycles. The topological polar surface area (TPSA) is 66.4 Å². The van der Waals surface area contributed by atoms with E-state index in [0.717, 1.165) is 34.2 Å². The summed E-state index contributed by atoms with van der Waals surface area (Å²) in [7, 11) is 0. The highest BCUT2D eigenvalue weighted by Gasteiger charge is 2.27. The first-order chi connectivity index (χ1) is 12.8. The Morgan fingerprint density at radius 2 is 1.78 bits per heavy atom. The van der Waals surface area contributed by atoms with E-state index in [1.807, 2.05) is 31.2 Å². The number of carbonyl (C=O) groups excluding carboxylic acids is 1. The summed E-state index contributed by atoms with van der Waals surface area (Å²) < 4.78 is 27.2. The zero-order valence-corrected chi connectivity index (χ0v) is 16.6. The number of hydrogen-bond donors (Lipinski definition) is 0. The number of ether oxygens (including phenoxy) is 1. The van der Waals surface area contributed by atoms with E-state index in [-0.39, 0.29) is 18.3 Å². The highest BCUT2D eigenvalue weighted by molar-refractivity contribution is 7.78. The van der Waals surface area contributed by atoms with Gasteiger partial charge in [0.05, 0.1) is 5.57 Å². The maximum absolute atomic E-state index is 12.4. The Kier molecular flexibility index (Phi) is 5.92. The van der Waals surface area contributed by atoms with Gasteiger partial charge >= 0.3 is 5.97 Å². The Labute approximate surface area is 162 Å². The van der Waals surface area contributed by atoms with Crippen molar-refractivity contribution in [3.05, 3.63) is 70.3 Å². The van der Waals surface area contributed by atoms with Crippen LogP contribution in [0.5, 0.6) is 0 Å². The Bertz CT molecular complexity index is 910. The lowest BCUT2D eigenvalue weighted by Gasteiger charge is -2.11. The Balaban J connectivity index is 1.97. The van der Waals surface area contributed by atoms with Crippen LogP contribution in [-0.4, -0.2) is 21.3 Å². The summed E-state index contributed by atoms with van der Waals surface area (Å²) in [6, 6.07) is 13.7. The highest BCUT2D eigenvalue weighted by atomic mass is 32.2. The molecule has 27 heavy (non-hydrogen) atoms. The first-order valence-electron chi connectivity index (χ1n) is 9.00. The molecule has 2 aromatic carbocycles. The predicted molar refractivity (Wildman–Crippen MR) is 107 cm³/mol. The van der Waals surface area contributed by atoms with Gasteiger partial charge in [0.25, 0.3) is 0 Å². The number of aryl methyl sites for hydroxylation is 1. The Hall–Kier alpha value is -2.24. The monoisotopic (exact) mass is 383 g/mol. The molecule has 0 N–H and O–H groups in total. The van der Waals surface area contributed by atoms with Crippen LogP contribution in [0.4, 0.5) is 0 Å². The van der Waals surface area contributed by atoms with Gasteiger partial charge < -0.3 is 9.29 Å². The summed E-state index contributed by atoms with van der Waals surface area (Å²) in [6.07, 6.45) is 0.998. The molecule has 2 aromatic rings. The third-order valence-corrected chi connectivity index (χ3v) is 5.25. The second kappa shape index (κ2) is 8.19. The van der Waals surface area contributed by atoms with Gasteiger partial charge in [-0.3, -0.25) is 4.21 Å². The molecule has 0 bridgehead atoms.